The summed E-state index contributed by atoms with van der Waals surface area (Å²) in [6, 6.07) is 5.90. The topological polar surface area (TPSA) is 64.9 Å². The van der Waals surface area contributed by atoms with Gasteiger partial charge in [0.2, 0.25) is 0 Å². The molecule has 1 aromatic carbocycles. The van der Waals surface area contributed by atoms with E-state index in [0.29, 0.717) is 17.6 Å². The van der Waals surface area contributed by atoms with Gasteiger partial charge in [0, 0.05) is 8.04 Å². The molecule has 1 atom stereocenters. The van der Waals surface area contributed by atoms with Crippen LogP contribution in [-0.2, 0) is 0 Å². The molecule has 1 aliphatic rings. The summed E-state index contributed by atoms with van der Waals surface area (Å²) >= 11 is 5.75. The zero-order valence-electron chi connectivity index (χ0n) is 9.44. The molecule has 1 heterocycles. The van der Waals surface area contributed by atoms with Crippen molar-refractivity contribution in [2.75, 3.05) is 0 Å². The SMILES string of the molecule is NC(c1noc(-c2cc(I)ccc2Br)n1)C1CC1. The van der Waals surface area contributed by atoms with Crippen LogP contribution in [0.5, 0.6) is 0 Å². The third kappa shape index (κ3) is 2.46. The lowest BCUT2D eigenvalue weighted by molar-refractivity contribution is 0.411. The fraction of sp³-hybridized carbons (Fsp3) is 0.333. The van der Waals surface area contributed by atoms with Crippen LogP contribution in [0.3, 0.4) is 0 Å². The van der Waals surface area contributed by atoms with Gasteiger partial charge in [-0.2, -0.15) is 4.98 Å². The molecule has 6 heteroatoms. The Labute approximate surface area is 127 Å². The van der Waals surface area contributed by atoms with Crippen LogP contribution in [0.4, 0.5) is 0 Å². The Morgan fingerprint density at radius 3 is 2.94 bits per heavy atom. The molecule has 1 aromatic heterocycles. The van der Waals surface area contributed by atoms with Crippen molar-refractivity contribution in [1.29, 1.82) is 0 Å². The molecule has 0 spiro atoms. The van der Waals surface area contributed by atoms with Crippen molar-refractivity contribution in [3.63, 3.8) is 0 Å². The lowest BCUT2D eigenvalue weighted by atomic mass is 10.2. The number of hydrogen-bond donors (Lipinski definition) is 1. The van der Waals surface area contributed by atoms with E-state index in [0.717, 1.165) is 26.4 Å². The van der Waals surface area contributed by atoms with Crippen molar-refractivity contribution in [2.45, 2.75) is 18.9 Å². The molecule has 1 aliphatic carbocycles. The summed E-state index contributed by atoms with van der Waals surface area (Å²) < 4.78 is 7.38. The number of nitrogens with zero attached hydrogens (tertiary/aromatic N) is 2. The highest BCUT2D eigenvalue weighted by Gasteiger charge is 2.32. The van der Waals surface area contributed by atoms with Gasteiger partial charge in [-0.15, -0.1) is 0 Å². The number of aromatic nitrogens is 2. The van der Waals surface area contributed by atoms with E-state index in [1.807, 2.05) is 18.2 Å². The van der Waals surface area contributed by atoms with Gasteiger partial charge >= 0.3 is 0 Å². The molecule has 0 aliphatic heterocycles. The van der Waals surface area contributed by atoms with Gasteiger partial charge in [0.25, 0.3) is 5.89 Å². The number of nitrogens with two attached hydrogens (primary N) is 1. The van der Waals surface area contributed by atoms with E-state index < -0.39 is 0 Å². The largest absolute Gasteiger partial charge is 0.334 e. The minimum Gasteiger partial charge on any atom is -0.334 e. The highest BCUT2D eigenvalue weighted by atomic mass is 127. The summed E-state index contributed by atoms with van der Waals surface area (Å²) in [6.45, 7) is 0. The van der Waals surface area contributed by atoms with Crippen LogP contribution in [0.15, 0.2) is 27.2 Å². The van der Waals surface area contributed by atoms with Crippen molar-refractivity contribution in [3.8, 4) is 11.5 Å². The van der Waals surface area contributed by atoms with Gasteiger partial charge in [0.05, 0.1) is 11.6 Å². The van der Waals surface area contributed by atoms with Crippen molar-refractivity contribution in [3.05, 3.63) is 32.1 Å². The first-order valence-corrected chi connectivity index (χ1v) is 7.57. The Morgan fingerprint density at radius 1 is 1.44 bits per heavy atom. The molecular formula is C12H11BrIN3O. The molecule has 1 saturated carbocycles. The van der Waals surface area contributed by atoms with E-state index in [1.54, 1.807) is 0 Å². The van der Waals surface area contributed by atoms with Gasteiger partial charge in [0.15, 0.2) is 5.82 Å². The zero-order valence-corrected chi connectivity index (χ0v) is 13.2. The molecule has 0 saturated heterocycles. The zero-order chi connectivity index (χ0) is 12.7. The minimum absolute atomic E-state index is 0.0935. The van der Waals surface area contributed by atoms with Gasteiger partial charge in [-0.05, 0) is 75.5 Å². The van der Waals surface area contributed by atoms with Gasteiger partial charge in [-0.25, -0.2) is 0 Å². The maximum Gasteiger partial charge on any atom is 0.259 e. The van der Waals surface area contributed by atoms with Gasteiger partial charge < -0.3 is 10.3 Å². The Kier molecular flexibility index (Phi) is 3.42. The second-order valence-electron chi connectivity index (χ2n) is 4.45. The quantitative estimate of drug-likeness (QED) is 0.773. The average Bonchev–Trinajstić information content (AvgIpc) is 3.09. The lowest BCUT2D eigenvalue weighted by Gasteiger charge is -2.02. The molecular weight excluding hydrogens is 409 g/mol. The molecule has 3 rings (SSSR count). The molecule has 0 radical (unpaired) electrons. The molecule has 1 fully saturated rings. The molecule has 0 bridgehead atoms. The fourth-order valence-electron chi connectivity index (χ4n) is 1.81. The Balaban J connectivity index is 1.94. The molecule has 0 amide bonds. The monoisotopic (exact) mass is 419 g/mol. The van der Waals surface area contributed by atoms with E-state index in [4.69, 9.17) is 10.3 Å². The maximum absolute atomic E-state index is 6.06. The van der Waals surface area contributed by atoms with Crippen molar-refractivity contribution in [1.82, 2.24) is 10.1 Å². The molecule has 1 unspecified atom stereocenters. The van der Waals surface area contributed by atoms with Crippen molar-refractivity contribution >= 4 is 38.5 Å². The molecule has 18 heavy (non-hydrogen) atoms. The standard InChI is InChI=1S/C12H11BrIN3O/c13-9-4-3-7(14)5-8(9)12-16-11(17-18-12)10(15)6-1-2-6/h3-6,10H,1-2,15H2. The second-order valence-corrected chi connectivity index (χ2v) is 6.55. The highest BCUT2D eigenvalue weighted by molar-refractivity contribution is 14.1. The summed E-state index contributed by atoms with van der Waals surface area (Å²) in [7, 11) is 0. The molecule has 2 aromatic rings. The predicted molar refractivity (Wildman–Crippen MR) is 79.8 cm³/mol. The normalized spacial score (nSPS) is 16.8. The first-order valence-electron chi connectivity index (χ1n) is 5.70. The number of benzene rings is 1. The molecule has 4 nitrogen and oxygen atoms in total. The van der Waals surface area contributed by atoms with E-state index in [2.05, 4.69) is 48.7 Å². The number of halogens is 2. The molecule has 94 valence electrons. The number of rotatable bonds is 3. The Hall–Kier alpha value is -0.470. The average molecular weight is 420 g/mol. The maximum atomic E-state index is 6.06. The van der Waals surface area contributed by atoms with Gasteiger partial charge in [-0.1, -0.05) is 5.16 Å². The third-order valence-corrected chi connectivity index (χ3v) is 4.39. The van der Waals surface area contributed by atoms with E-state index >= 15 is 0 Å². The third-order valence-electron chi connectivity index (χ3n) is 3.03. The summed E-state index contributed by atoms with van der Waals surface area (Å²) in [5.41, 5.74) is 6.97. The van der Waals surface area contributed by atoms with Crippen LogP contribution in [0.25, 0.3) is 11.5 Å². The fourth-order valence-corrected chi connectivity index (χ4v) is 2.71. The number of hydrogen-bond acceptors (Lipinski definition) is 4. The summed E-state index contributed by atoms with van der Waals surface area (Å²) in [4.78, 5) is 4.41. The van der Waals surface area contributed by atoms with Crippen LogP contribution in [-0.4, -0.2) is 10.1 Å². The van der Waals surface area contributed by atoms with Crippen molar-refractivity contribution in [2.24, 2.45) is 11.7 Å². The van der Waals surface area contributed by atoms with Crippen LogP contribution in [0, 0.1) is 9.49 Å². The minimum atomic E-state index is -0.0935. The van der Waals surface area contributed by atoms with Crippen LogP contribution in [0.2, 0.25) is 0 Å². The van der Waals surface area contributed by atoms with Crippen LogP contribution < -0.4 is 5.73 Å². The Bertz CT molecular complexity index is 582. The molecule has 2 N–H and O–H groups in total. The van der Waals surface area contributed by atoms with E-state index in [9.17, 15) is 0 Å². The van der Waals surface area contributed by atoms with Crippen LogP contribution >= 0.6 is 38.5 Å². The predicted octanol–water partition coefficient (Wildman–Crippen LogP) is 3.51. The summed E-state index contributed by atoms with van der Waals surface area (Å²) in [6.07, 6.45) is 2.33. The lowest BCUT2D eigenvalue weighted by Crippen LogP contribution is -2.13. The van der Waals surface area contributed by atoms with E-state index in [1.165, 1.54) is 0 Å². The first kappa shape index (κ1) is 12.6. The highest BCUT2D eigenvalue weighted by Crippen LogP contribution is 2.39. The van der Waals surface area contributed by atoms with Crippen LogP contribution in [0.1, 0.15) is 24.7 Å². The van der Waals surface area contributed by atoms with Crippen molar-refractivity contribution < 1.29 is 4.52 Å². The van der Waals surface area contributed by atoms with E-state index in [-0.39, 0.29) is 6.04 Å². The van der Waals surface area contributed by atoms with Gasteiger partial charge in [-0.3, -0.25) is 0 Å². The Morgan fingerprint density at radius 2 is 2.22 bits per heavy atom. The van der Waals surface area contributed by atoms with Gasteiger partial charge in [0.1, 0.15) is 0 Å². The first-order chi connectivity index (χ1) is 8.65. The smallest absolute Gasteiger partial charge is 0.259 e. The summed E-state index contributed by atoms with van der Waals surface area (Å²) in [5, 5.41) is 3.99. The second kappa shape index (κ2) is 4.90. The summed E-state index contributed by atoms with van der Waals surface area (Å²) in [5.74, 6) is 1.65.